The summed E-state index contributed by atoms with van der Waals surface area (Å²) in [5.41, 5.74) is 0. The second-order valence-corrected chi connectivity index (χ2v) is 17.4. The summed E-state index contributed by atoms with van der Waals surface area (Å²) in [4.78, 5) is 38.0. The Bertz CT molecular complexity index is 1500. The Kier molecular flexibility index (Phi) is 51.5. The highest BCUT2D eigenvalue weighted by molar-refractivity contribution is 5.71. The SMILES string of the molecule is CC/C=C\C/C=C\C/C=C\C/C=C\C/C=C\C/C=C\CCCCCCC(=O)OCC(COC(=O)CCCCC/C=C\C/C=C\C/C=C\CC)OC(=O)CCCCCCC/C=C\C/C=C\CCCC. The van der Waals surface area contributed by atoms with Crippen molar-refractivity contribution in [3.8, 4) is 0 Å². The molecule has 0 aromatic rings. The molecule has 0 aliphatic carbocycles. The highest BCUT2D eigenvalue weighted by Gasteiger charge is 2.19. The van der Waals surface area contributed by atoms with Crippen LogP contribution in [-0.2, 0) is 28.6 Å². The fourth-order valence-electron chi connectivity index (χ4n) is 6.83. The van der Waals surface area contributed by atoms with Gasteiger partial charge >= 0.3 is 17.9 Å². The van der Waals surface area contributed by atoms with Crippen LogP contribution in [0.4, 0.5) is 0 Å². The minimum absolute atomic E-state index is 0.112. The fourth-order valence-corrected chi connectivity index (χ4v) is 6.83. The molecule has 0 saturated heterocycles. The first-order valence-corrected chi connectivity index (χ1v) is 27.2. The van der Waals surface area contributed by atoms with Crippen molar-refractivity contribution in [1.29, 1.82) is 0 Å². The molecule has 0 amide bonds. The Labute approximate surface area is 417 Å². The monoisotopic (exact) mass is 939 g/mol. The van der Waals surface area contributed by atoms with Crippen molar-refractivity contribution in [2.45, 2.75) is 226 Å². The third-order valence-corrected chi connectivity index (χ3v) is 10.9. The summed E-state index contributed by atoms with van der Waals surface area (Å²) in [5.74, 6) is -0.986. The molecule has 0 spiro atoms. The fraction of sp³-hybridized carbons (Fsp3) is 0.597. The lowest BCUT2D eigenvalue weighted by Crippen LogP contribution is -2.30. The van der Waals surface area contributed by atoms with Gasteiger partial charge in [-0.3, -0.25) is 14.4 Å². The smallest absolute Gasteiger partial charge is 0.306 e. The number of rotatable bonds is 47. The standard InChI is InChI=1S/C62H98O6/c1-4-7-10-13-16-19-22-25-27-28-29-30-31-32-33-34-35-38-40-43-46-49-52-55-61(64)67-58-59(57-66-60(63)54-51-48-45-42-39-36-24-21-18-15-12-9-6-3)68-62(65)56-53-50-47-44-41-37-26-23-20-17-14-11-8-5-2/h7,9-10,12,14,16-19,21,23,25-27,29-30,32-33,35-36,38-39,59H,4-6,8,11,13,15,20,22,24,28,31,34,37,40-58H2,1-3H3/b10-7-,12-9-,17-14-,19-16-,21-18-,26-23-,27-25-,30-29-,33-32-,38-35-,39-36-. The third-order valence-electron chi connectivity index (χ3n) is 10.9. The van der Waals surface area contributed by atoms with Crippen LogP contribution in [0.1, 0.15) is 220 Å². The van der Waals surface area contributed by atoms with Crippen LogP contribution in [0.5, 0.6) is 0 Å². The number of hydrogen-bond acceptors (Lipinski definition) is 6. The van der Waals surface area contributed by atoms with E-state index in [1.165, 1.54) is 19.3 Å². The van der Waals surface area contributed by atoms with Crippen molar-refractivity contribution in [2.24, 2.45) is 0 Å². The van der Waals surface area contributed by atoms with Gasteiger partial charge in [-0.2, -0.15) is 0 Å². The van der Waals surface area contributed by atoms with E-state index in [0.29, 0.717) is 19.3 Å². The zero-order valence-electron chi connectivity index (χ0n) is 43.6. The number of unbranched alkanes of at least 4 members (excludes halogenated alkanes) is 14. The van der Waals surface area contributed by atoms with Crippen molar-refractivity contribution >= 4 is 17.9 Å². The van der Waals surface area contributed by atoms with Crippen molar-refractivity contribution in [1.82, 2.24) is 0 Å². The quantitative estimate of drug-likeness (QED) is 0.0262. The highest BCUT2D eigenvalue weighted by Crippen LogP contribution is 2.12. The molecule has 0 aliphatic heterocycles. The Hall–Kier alpha value is -4.45. The zero-order valence-corrected chi connectivity index (χ0v) is 43.6. The molecule has 0 aromatic carbocycles. The zero-order chi connectivity index (χ0) is 49.3. The maximum Gasteiger partial charge on any atom is 0.306 e. The summed E-state index contributed by atoms with van der Waals surface area (Å²) >= 11 is 0. The Morgan fingerprint density at radius 1 is 0.309 bits per heavy atom. The minimum Gasteiger partial charge on any atom is -0.462 e. The van der Waals surface area contributed by atoms with Crippen LogP contribution < -0.4 is 0 Å². The predicted molar refractivity (Wildman–Crippen MR) is 292 cm³/mol. The Morgan fingerprint density at radius 2 is 0.574 bits per heavy atom. The van der Waals surface area contributed by atoms with Gasteiger partial charge in [0, 0.05) is 19.3 Å². The van der Waals surface area contributed by atoms with E-state index in [1.54, 1.807) is 0 Å². The van der Waals surface area contributed by atoms with Crippen molar-refractivity contribution < 1.29 is 28.6 Å². The van der Waals surface area contributed by atoms with E-state index in [-0.39, 0.29) is 31.1 Å². The molecule has 1 unspecified atom stereocenters. The van der Waals surface area contributed by atoms with Crippen LogP contribution in [0.2, 0.25) is 0 Å². The average molecular weight is 939 g/mol. The van der Waals surface area contributed by atoms with Gasteiger partial charge in [-0.15, -0.1) is 0 Å². The molecule has 68 heavy (non-hydrogen) atoms. The van der Waals surface area contributed by atoms with Crippen molar-refractivity contribution in [3.05, 3.63) is 134 Å². The number of carbonyl (C=O) groups excluding carboxylic acids is 3. The molecule has 1 atom stereocenters. The Morgan fingerprint density at radius 3 is 0.912 bits per heavy atom. The largest absolute Gasteiger partial charge is 0.462 e. The summed E-state index contributed by atoms with van der Waals surface area (Å²) in [6, 6.07) is 0. The lowest BCUT2D eigenvalue weighted by Gasteiger charge is -2.18. The molecule has 0 saturated carbocycles. The van der Waals surface area contributed by atoms with Crippen LogP contribution in [0, 0.1) is 0 Å². The molecular weight excluding hydrogens is 841 g/mol. The van der Waals surface area contributed by atoms with Crippen LogP contribution in [-0.4, -0.2) is 37.2 Å². The first kappa shape index (κ1) is 63.5. The highest BCUT2D eigenvalue weighted by atomic mass is 16.6. The number of esters is 3. The molecule has 0 aliphatic rings. The summed E-state index contributed by atoms with van der Waals surface area (Å²) < 4.78 is 16.8. The van der Waals surface area contributed by atoms with Gasteiger partial charge in [0.1, 0.15) is 13.2 Å². The molecule has 0 fully saturated rings. The molecule has 6 nitrogen and oxygen atoms in total. The number of hydrogen-bond donors (Lipinski definition) is 0. The molecule has 6 heteroatoms. The molecule has 0 aromatic heterocycles. The molecule has 0 radical (unpaired) electrons. The van der Waals surface area contributed by atoms with Gasteiger partial charge in [0.25, 0.3) is 0 Å². The third kappa shape index (κ3) is 52.5. The second-order valence-electron chi connectivity index (χ2n) is 17.4. The summed E-state index contributed by atoms with van der Waals surface area (Å²) in [6.45, 7) is 6.29. The lowest BCUT2D eigenvalue weighted by atomic mass is 10.1. The van der Waals surface area contributed by atoms with E-state index in [4.69, 9.17) is 14.2 Å². The van der Waals surface area contributed by atoms with Gasteiger partial charge in [0.05, 0.1) is 0 Å². The number of carbonyl (C=O) groups is 3. The summed E-state index contributed by atoms with van der Waals surface area (Å²) in [7, 11) is 0. The first-order valence-electron chi connectivity index (χ1n) is 27.2. The van der Waals surface area contributed by atoms with E-state index in [1.807, 2.05) is 0 Å². The normalized spacial score (nSPS) is 13.2. The van der Waals surface area contributed by atoms with Gasteiger partial charge < -0.3 is 14.2 Å². The van der Waals surface area contributed by atoms with Gasteiger partial charge in [-0.1, -0.05) is 206 Å². The number of ether oxygens (including phenoxy) is 3. The first-order chi connectivity index (χ1) is 33.5. The molecule has 0 N–H and O–H groups in total. The molecular formula is C62H98O6. The molecule has 0 heterocycles. The molecule has 0 rings (SSSR count). The molecule has 0 bridgehead atoms. The average Bonchev–Trinajstić information content (AvgIpc) is 3.34. The van der Waals surface area contributed by atoms with Gasteiger partial charge in [0.15, 0.2) is 6.10 Å². The van der Waals surface area contributed by atoms with E-state index in [0.717, 1.165) is 161 Å². The van der Waals surface area contributed by atoms with Crippen LogP contribution in [0.15, 0.2) is 134 Å². The van der Waals surface area contributed by atoms with E-state index in [2.05, 4.69) is 154 Å². The van der Waals surface area contributed by atoms with E-state index >= 15 is 0 Å². The van der Waals surface area contributed by atoms with Gasteiger partial charge in [-0.05, 0) is 128 Å². The second kappa shape index (κ2) is 55.1. The van der Waals surface area contributed by atoms with Crippen molar-refractivity contribution in [2.75, 3.05) is 13.2 Å². The number of allylic oxidation sites excluding steroid dienone is 22. The maximum atomic E-state index is 12.8. The summed E-state index contributed by atoms with van der Waals surface area (Å²) in [6.07, 6.45) is 77.2. The van der Waals surface area contributed by atoms with Gasteiger partial charge in [0.2, 0.25) is 0 Å². The molecule has 382 valence electrons. The topological polar surface area (TPSA) is 78.9 Å². The lowest BCUT2D eigenvalue weighted by molar-refractivity contribution is -0.167. The minimum atomic E-state index is -0.813. The summed E-state index contributed by atoms with van der Waals surface area (Å²) in [5, 5.41) is 0. The Balaban J connectivity index is 4.47. The predicted octanol–water partition coefficient (Wildman–Crippen LogP) is 18.3. The van der Waals surface area contributed by atoms with Gasteiger partial charge in [-0.25, -0.2) is 0 Å². The maximum absolute atomic E-state index is 12.8. The van der Waals surface area contributed by atoms with Crippen LogP contribution in [0.3, 0.4) is 0 Å². The van der Waals surface area contributed by atoms with E-state index in [9.17, 15) is 14.4 Å². The van der Waals surface area contributed by atoms with Crippen LogP contribution in [0.25, 0.3) is 0 Å². The van der Waals surface area contributed by atoms with Crippen LogP contribution >= 0.6 is 0 Å². The van der Waals surface area contributed by atoms with Crippen molar-refractivity contribution in [3.63, 3.8) is 0 Å². The van der Waals surface area contributed by atoms with E-state index < -0.39 is 6.10 Å².